The predicted octanol–water partition coefficient (Wildman–Crippen LogP) is 3.44. The molecule has 6 nitrogen and oxygen atoms in total. The number of aromatic amines is 1. The van der Waals surface area contributed by atoms with Gasteiger partial charge in [0, 0.05) is 17.2 Å². The molecular weight excluding hydrogens is 392 g/mol. The zero-order chi connectivity index (χ0) is 22.0. The van der Waals surface area contributed by atoms with E-state index in [4.69, 9.17) is 4.74 Å². The molecule has 156 valence electrons. The summed E-state index contributed by atoms with van der Waals surface area (Å²) in [7, 11) is 1.57. The van der Waals surface area contributed by atoms with E-state index in [1.54, 1.807) is 37.7 Å². The molecule has 1 unspecified atom stereocenters. The van der Waals surface area contributed by atoms with Gasteiger partial charge >= 0.3 is 0 Å². The third-order valence-electron chi connectivity index (χ3n) is 5.45. The summed E-state index contributed by atoms with van der Waals surface area (Å²) in [6.45, 7) is 2.09. The molecular formula is C25H23N2O4+. The normalized spacial score (nSPS) is 17.7. The quantitative estimate of drug-likeness (QED) is 0.393. The van der Waals surface area contributed by atoms with Crippen LogP contribution in [0.15, 0.2) is 78.6 Å². The van der Waals surface area contributed by atoms with Gasteiger partial charge in [-0.2, -0.15) is 0 Å². The molecule has 0 radical (unpaired) electrons. The van der Waals surface area contributed by atoms with Crippen LogP contribution in [0, 0.1) is 6.92 Å². The van der Waals surface area contributed by atoms with E-state index in [0.717, 1.165) is 16.7 Å². The van der Waals surface area contributed by atoms with Crippen molar-refractivity contribution in [1.82, 2.24) is 4.90 Å². The first-order chi connectivity index (χ1) is 15.0. The van der Waals surface area contributed by atoms with Gasteiger partial charge in [0.2, 0.25) is 0 Å². The number of aryl methyl sites for hydroxylation is 1. The van der Waals surface area contributed by atoms with Gasteiger partial charge in [0.25, 0.3) is 11.7 Å². The average molecular weight is 415 g/mol. The Morgan fingerprint density at radius 1 is 1.10 bits per heavy atom. The Hall–Kier alpha value is -3.93. The van der Waals surface area contributed by atoms with Gasteiger partial charge < -0.3 is 14.7 Å². The smallest absolute Gasteiger partial charge is 0.295 e. The minimum atomic E-state index is -0.695. The van der Waals surface area contributed by atoms with Gasteiger partial charge in [-0.1, -0.05) is 30.3 Å². The molecule has 0 bridgehead atoms. The summed E-state index contributed by atoms with van der Waals surface area (Å²) >= 11 is 0. The summed E-state index contributed by atoms with van der Waals surface area (Å²) in [5.74, 6) is -0.846. The lowest BCUT2D eigenvalue weighted by molar-refractivity contribution is -0.378. The molecule has 2 heterocycles. The zero-order valence-corrected chi connectivity index (χ0v) is 17.3. The minimum absolute atomic E-state index is 0.0840. The topological polar surface area (TPSA) is 81.0 Å². The third kappa shape index (κ3) is 3.80. The molecule has 1 fully saturated rings. The van der Waals surface area contributed by atoms with Gasteiger partial charge in [-0.15, -0.1) is 0 Å². The van der Waals surface area contributed by atoms with Crippen LogP contribution in [-0.2, 0) is 16.1 Å². The van der Waals surface area contributed by atoms with E-state index in [-0.39, 0.29) is 17.9 Å². The molecule has 1 aromatic heterocycles. The Bertz CT molecular complexity index is 1160. The third-order valence-corrected chi connectivity index (χ3v) is 5.45. The number of H-pyrrole nitrogens is 1. The van der Waals surface area contributed by atoms with E-state index < -0.39 is 17.7 Å². The Labute approximate surface area is 180 Å². The number of aliphatic hydroxyl groups is 1. The molecule has 1 saturated heterocycles. The number of nitrogens with one attached hydrogen (secondary N) is 1. The number of likely N-dealkylation sites (tertiary alicyclic amines) is 1. The molecule has 2 N–H and O–H groups in total. The maximum absolute atomic E-state index is 13.1. The van der Waals surface area contributed by atoms with Crippen molar-refractivity contribution in [2.45, 2.75) is 19.5 Å². The number of hydrogen-bond acceptors (Lipinski definition) is 4. The van der Waals surface area contributed by atoms with Gasteiger partial charge in [-0.25, -0.2) is 4.98 Å². The van der Waals surface area contributed by atoms with Gasteiger partial charge in [0.15, 0.2) is 12.4 Å². The first kappa shape index (κ1) is 20.3. The second-order valence-electron chi connectivity index (χ2n) is 7.43. The fourth-order valence-electron chi connectivity index (χ4n) is 3.93. The summed E-state index contributed by atoms with van der Waals surface area (Å²) in [4.78, 5) is 30.6. The number of carbonyl (C=O) groups is 2. The molecule has 4 rings (SSSR count). The zero-order valence-electron chi connectivity index (χ0n) is 17.3. The first-order valence-electron chi connectivity index (χ1n) is 9.94. The number of aliphatic hydroxyl groups excluding tert-OH is 1. The highest BCUT2D eigenvalue weighted by molar-refractivity contribution is 6.46. The van der Waals surface area contributed by atoms with Crippen molar-refractivity contribution in [3.05, 3.63) is 101 Å². The van der Waals surface area contributed by atoms with Crippen LogP contribution < -0.4 is 9.72 Å². The van der Waals surface area contributed by atoms with E-state index >= 15 is 0 Å². The van der Waals surface area contributed by atoms with E-state index in [1.807, 2.05) is 49.4 Å². The fraction of sp³-hybridized carbons (Fsp3) is 0.160. The van der Waals surface area contributed by atoms with Crippen molar-refractivity contribution in [2.75, 3.05) is 7.11 Å². The second-order valence-corrected chi connectivity index (χ2v) is 7.43. The van der Waals surface area contributed by atoms with Crippen LogP contribution >= 0.6 is 0 Å². The number of aromatic nitrogens is 1. The molecule has 0 aliphatic carbocycles. The molecule has 1 aliphatic heterocycles. The van der Waals surface area contributed by atoms with Crippen molar-refractivity contribution < 1.29 is 24.4 Å². The van der Waals surface area contributed by atoms with Crippen molar-refractivity contribution >= 4 is 17.4 Å². The highest BCUT2D eigenvalue weighted by Gasteiger charge is 2.46. The summed E-state index contributed by atoms with van der Waals surface area (Å²) in [5, 5.41) is 11.1. The number of pyridine rings is 1. The van der Waals surface area contributed by atoms with Gasteiger partial charge in [0.1, 0.15) is 11.5 Å². The molecule has 1 atom stereocenters. The van der Waals surface area contributed by atoms with Crippen molar-refractivity contribution in [1.29, 1.82) is 0 Å². The summed E-state index contributed by atoms with van der Waals surface area (Å²) in [5.41, 5.74) is 2.97. The van der Waals surface area contributed by atoms with E-state index in [2.05, 4.69) is 4.98 Å². The lowest BCUT2D eigenvalue weighted by atomic mass is 9.94. The number of rotatable bonds is 5. The standard InChI is InChI=1S/C25H22N2O4/c1-16-13-19(10-11-20(16)31-2)23(28)21-22(18-8-4-3-5-9-18)27(25(30)24(21)29)15-17-7-6-12-26-14-17/h3-14,22,28H,15H2,1-2H3/p+1. The van der Waals surface area contributed by atoms with Gasteiger partial charge in [0.05, 0.1) is 25.3 Å². The number of carbonyl (C=O) groups excluding carboxylic acids is 2. The predicted molar refractivity (Wildman–Crippen MR) is 115 cm³/mol. The molecule has 3 aromatic rings. The van der Waals surface area contributed by atoms with Crippen LogP contribution in [-0.4, -0.2) is 28.8 Å². The van der Waals surface area contributed by atoms with Crippen LogP contribution in [0.5, 0.6) is 5.75 Å². The highest BCUT2D eigenvalue weighted by atomic mass is 16.5. The Morgan fingerprint density at radius 2 is 1.87 bits per heavy atom. The number of amides is 1. The lowest BCUT2D eigenvalue weighted by Crippen LogP contribution is -2.29. The van der Waals surface area contributed by atoms with Crippen molar-refractivity contribution in [3.63, 3.8) is 0 Å². The molecule has 2 aromatic carbocycles. The Kier molecular flexibility index (Phi) is 5.54. The molecule has 31 heavy (non-hydrogen) atoms. The molecule has 6 heteroatoms. The van der Waals surface area contributed by atoms with Crippen molar-refractivity contribution in [2.24, 2.45) is 0 Å². The van der Waals surface area contributed by atoms with Crippen molar-refractivity contribution in [3.8, 4) is 5.75 Å². The monoisotopic (exact) mass is 415 g/mol. The maximum Gasteiger partial charge on any atom is 0.295 e. The summed E-state index contributed by atoms with van der Waals surface area (Å²) in [6, 6.07) is 17.5. The van der Waals surface area contributed by atoms with E-state index in [0.29, 0.717) is 11.3 Å². The van der Waals surface area contributed by atoms with Crippen LogP contribution in [0.3, 0.4) is 0 Å². The summed E-state index contributed by atoms with van der Waals surface area (Å²) in [6.07, 6.45) is 3.56. The SMILES string of the molecule is COc1ccc(C(O)=C2C(=O)C(=O)N(Cc3ccc[nH+]c3)C2c2ccccc2)cc1C. The molecule has 1 aliphatic rings. The number of benzene rings is 2. The first-order valence-corrected chi connectivity index (χ1v) is 9.94. The number of nitrogens with zero attached hydrogens (tertiary/aromatic N) is 1. The fourth-order valence-corrected chi connectivity index (χ4v) is 3.93. The molecule has 1 amide bonds. The second kappa shape index (κ2) is 8.44. The number of ether oxygens (including phenoxy) is 1. The Morgan fingerprint density at radius 3 is 2.52 bits per heavy atom. The average Bonchev–Trinajstić information content (AvgIpc) is 3.04. The van der Waals surface area contributed by atoms with Crippen LogP contribution in [0.25, 0.3) is 5.76 Å². The lowest BCUT2D eigenvalue weighted by Gasteiger charge is -2.25. The molecule has 0 saturated carbocycles. The number of hydrogen-bond donors (Lipinski definition) is 1. The van der Waals surface area contributed by atoms with Crippen LogP contribution in [0.4, 0.5) is 0 Å². The van der Waals surface area contributed by atoms with Gasteiger partial charge in [-0.3, -0.25) is 9.59 Å². The van der Waals surface area contributed by atoms with Gasteiger partial charge in [-0.05, 0) is 42.3 Å². The van der Waals surface area contributed by atoms with Crippen LogP contribution in [0.2, 0.25) is 0 Å². The summed E-state index contributed by atoms with van der Waals surface area (Å²) < 4.78 is 5.29. The van der Waals surface area contributed by atoms with E-state index in [9.17, 15) is 14.7 Å². The molecule has 0 spiro atoms. The largest absolute Gasteiger partial charge is 0.507 e. The Balaban J connectivity index is 1.85. The highest BCUT2D eigenvalue weighted by Crippen LogP contribution is 2.40. The number of ketones is 1. The van der Waals surface area contributed by atoms with Crippen LogP contribution in [0.1, 0.15) is 28.3 Å². The number of Topliss-reactive ketones (excluding diaryl/α,β-unsaturated/α-hetero) is 1. The minimum Gasteiger partial charge on any atom is -0.507 e. The number of methoxy groups -OCH3 is 1. The maximum atomic E-state index is 13.1. The van der Waals surface area contributed by atoms with E-state index in [1.165, 1.54) is 4.90 Å².